The standard InChI is InChI=1S/C8H10O2S/c1-10-5-4-7(9)8-3-2-6-11-8/h2-3,6H,4-5H2,1H3. The molecule has 0 saturated heterocycles. The van der Waals surface area contributed by atoms with Gasteiger partial charge in [0.25, 0.3) is 0 Å². The Bertz CT molecular complexity index is 216. The second-order valence-corrected chi connectivity index (χ2v) is 3.09. The van der Waals surface area contributed by atoms with E-state index in [4.69, 9.17) is 4.74 Å². The first-order chi connectivity index (χ1) is 5.34. The maximum absolute atomic E-state index is 11.2. The Labute approximate surface area is 69.8 Å². The fraction of sp³-hybridized carbons (Fsp3) is 0.375. The van der Waals surface area contributed by atoms with Gasteiger partial charge in [0.05, 0.1) is 11.5 Å². The molecule has 1 aromatic rings. The van der Waals surface area contributed by atoms with E-state index in [1.807, 2.05) is 17.5 Å². The van der Waals surface area contributed by atoms with Crippen LogP contribution in [0.15, 0.2) is 17.5 Å². The Morgan fingerprint density at radius 2 is 2.55 bits per heavy atom. The minimum Gasteiger partial charge on any atom is -0.384 e. The average molecular weight is 170 g/mol. The van der Waals surface area contributed by atoms with Crippen molar-refractivity contribution in [1.29, 1.82) is 0 Å². The normalized spacial score (nSPS) is 9.91. The molecule has 0 radical (unpaired) electrons. The van der Waals surface area contributed by atoms with E-state index in [-0.39, 0.29) is 5.78 Å². The highest BCUT2D eigenvalue weighted by Crippen LogP contribution is 2.10. The van der Waals surface area contributed by atoms with Gasteiger partial charge < -0.3 is 4.74 Å². The number of ketones is 1. The summed E-state index contributed by atoms with van der Waals surface area (Å²) in [5.41, 5.74) is 0. The summed E-state index contributed by atoms with van der Waals surface area (Å²) in [5, 5.41) is 1.90. The van der Waals surface area contributed by atoms with Crippen LogP contribution in [0.4, 0.5) is 0 Å². The lowest BCUT2D eigenvalue weighted by Gasteiger charge is -1.94. The van der Waals surface area contributed by atoms with E-state index in [1.165, 1.54) is 11.3 Å². The first kappa shape index (κ1) is 8.43. The van der Waals surface area contributed by atoms with E-state index < -0.39 is 0 Å². The summed E-state index contributed by atoms with van der Waals surface area (Å²) >= 11 is 1.48. The van der Waals surface area contributed by atoms with Crippen molar-refractivity contribution in [3.05, 3.63) is 22.4 Å². The fourth-order valence-electron chi connectivity index (χ4n) is 0.755. The third-order valence-electron chi connectivity index (χ3n) is 1.33. The number of thiophene rings is 1. The lowest BCUT2D eigenvalue weighted by atomic mass is 10.2. The molecule has 0 aliphatic rings. The number of ether oxygens (including phenoxy) is 1. The van der Waals surface area contributed by atoms with Gasteiger partial charge in [-0.25, -0.2) is 0 Å². The number of methoxy groups -OCH3 is 1. The molecule has 0 N–H and O–H groups in total. The van der Waals surface area contributed by atoms with Crippen molar-refractivity contribution in [3.8, 4) is 0 Å². The quantitative estimate of drug-likeness (QED) is 0.646. The summed E-state index contributed by atoms with van der Waals surface area (Å²) in [6.07, 6.45) is 0.483. The Kier molecular flexibility index (Phi) is 3.26. The van der Waals surface area contributed by atoms with E-state index in [2.05, 4.69) is 0 Å². The molecule has 0 fully saturated rings. The zero-order valence-electron chi connectivity index (χ0n) is 6.37. The topological polar surface area (TPSA) is 26.3 Å². The van der Waals surface area contributed by atoms with Crippen LogP contribution in [-0.2, 0) is 4.74 Å². The zero-order chi connectivity index (χ0) is 8.10. The van der Waals surface area contributed by atoms with Crippen LogP contribution in [0.2, 0.25) is 0 Å². The largest absolute Gasteiger partial charge is 0.384 e. The number of Topliss-reactive ketones (excluding diaryl/α,β-unsaturated/α-hetero) is 1. The van der Waals surface area contributed by atoms with Crippen LogP contribution in [0.5, 0.6) is 0 Å². The molecule has 1 aromatic heterocycles. The molecule has 1 heterocycles. The van der Waals surface area contributed by atoms with Gasteiger partial charge in [-0.1, -0.05) is 6.07 Å². The summed E-state index contributed by atoms with van der Waals surface area (Å²) in [6, 6.07) is 3.72. The van der Waals surface area contributed by atoms with E-state index in [9.17, 15) is 4.79 Å². The van der Waals surface area contributed by atoms with Crippen molar-refractivity contribution in [2.75, 3.05) is 13.7 Å². The molecule has 2 nitrogen and oxygen atoms in total. The molecule has 0 bridgehead atoms. The number of hydrogen-bond donors (Lipinski definition) is 0. The molecule has 0 atom stereocenters. The second kappa shape index (κ2) is 4.26. The predicted molar refractivity (Wildman–Crippen MR) is 45.1 cm³/mol. The summed E-state index contributed by atoms with van der Waals surface area (Å²) < 4.78 is 4.79. The van der Waals surface area contributed by atoms with Gasteiger partial charge in [-0.3, -0.25) is 4.79 Å². The summed E-state index contributed by atoms with van der Waals surface area (Å²) in [5.74, 6) is 0.168. The molecule has 0 aromatic carbocycles. The Balaban J connectivity index is 2.43. The fourth-order valence-corrected chi connectivity index (χ4v) is 1.45. The SMILES string of the molecule is COCCC(=O)c1cccs1. The molecule has 0 aliphatic carbocycles. The van der Waals surface area contributed by atoms with E-state index in [0.29, 0.717) is 13.0 Å². The Hall–Kier alpha value is -0.670. The van der Waals surface area contributed by atoms with Gasteiger partial charge in [0, 0.05) is 13.5 Å². The second-order valence-electron chi connectivity index (χ2n) is 2.14. The van der Waals surface area contributed by atoms with Crippen molar-refractivity contribution < 1.29 is 9.53 Å². The van der Waals surface area contributed by atoms with Crippen LogP contribution in [0.3, 0.4) is 0 Å². The number of carbonyl (C=O) groups excluding carboxylic acids is 1. The van der Waals surface area contributed by atoms with Crippen molar-refractivity contribution in [1.82, 2.24) is 0 Å². The number of rotatable bonds is 4. The van der Waals surface area contributed by atoms with Crippen molar-refractivity contribution >= 4 is 17.1 Å². The maximum atomic E-state index is 11.2. The van der Waals surface area contributed by atoms with Gasteiger partial charge in [-0.2, -0.15) is 0 Å². The van der Waals surface area contributed by atoms with E-state index in [0.717, 1.165) is 4.88 Å². The Morgan fingerprint density at radius 3 is 3.09 bits per heavy atom. The smallest absolute Gasteiger partial charge is 0.175 e. The van der Waals surface area contributed by atoms with E-state index >= 15 is 0 Å². The minimum atomic E-state index is 0.168. The first-order valence-electron chi connectivity index (χ1n) is 3.40. The van der Waals surface area contributed by atoms with Crippen LogP contribution < -0.4 is 0 Å². The van der Waals surface area contributed by atoms with Gasteiger partial charge in [-0.05, 0) is 11.4 Å². The van der Waals surface area contributed by atoms with E-state index in [1.54, 1.807) is 7.11 Å². The average Bonchev–Trinajstić information content (AvgIpc) is 2.52. The van der Waals surface area contributed by atoms with Crippen LogP contribution >= 0.6 is 11.3 Å². The number of carbonyl (C=O) groups is 1. The molecule has 0 amide bonds. The third-order valence-corrected chi connectivity index (χ3v) is 2.24. The lowest BCUT2D eigenvalue weighted by molar-refractivity contribution is 0.0936. The molecule has 11 heavy (non-hydrogen) atoms. The van der Waals surface area contributed by atoms with Crippen molar-refractivity contribution in [2.45, 2.75) is 6.42 Å². The monoisotopic (exact) mass is 170 g/mol. The van der Waals surface area contributed by atoms with Crippen LogP contribution in [0.1, 0.15) is 16.1 Å². The molecule has 0 saturated carbocycles. The highest BCUT2D eigenvalue weighted by Gasteiger charge is 2.04. The van der Waals surface area contributed by atoms with Gasteiger partial charge >= 0.3 is 0 Å². The summed E-state index contributed by atoms with van der Waals surface area (Å²) in [7, 11) is 1.60. The molecule has 1 rings (SSSR count). The molecule has 3 heteroatoms. The first-order valence-corrected chi connectivity index (χ1v) is 4.28. The third kappa shape index (κ3) is 2.44. The summed E-state index contributed by atoms with van der Waals surface area (Å²) in [4.78, 5) is 12.0. The zero-order valence-corrected chi connectivity index (χ0v) is 7.19. The predicted octanol–water partition coefficient (Wildman–Crippen LogP) is 1.97. The van der Waals surface area contributed by atoms with Crippen LogP contribution in [0.25, 0.3) is 0 Å². The van der Waals surface area contributed by atoms with Crippen LogP contribution in [0, 0.1) is 0 Å². The molecular weight excluding hydrogens is 160 g/mol. The van der Waals surface area contributed by atoms with Crippen LogP contribution in [-0.4, -0.2) is 19.5 Å². The lowest BCUT2D eigenvalue weighted by Crippen LogP contribution is -2.00. The van der Waals surface area contributed by atoms with Gasteiger partial charge in [0.1, 0.15) is 0 Å². The molecule has 0 aliphatic heterocycles. The summed E-state index contributed by atoms with van der Waals surface area (Å²) in [6.45, 7) is 0.511. The highest BCUT2D eigenvalue weighted by molar-refractivity contribution is 7.12. The molecule has 60 valence electrons. The molecular formula is C8H10O2S. The maximum Gasteiger partial charge on any atom is 0.175 e. The van der Waals surface area contributed by atoms with Gasteiger partial charge in [0.2, 0.25) is 0 Å². The Morgan fingerprint density at radius 1 is 1.73 bits per heavy atom. The van der Waals surface area contributed by atoms with Gasteiger partial charge in [0.15, 0.2) is 5.78 Å². The molecule has 0 spiro atoms. The van der Waals surface area contributed by atoms with Crippen molar-refractivity contribution in [2.24, 2.45) is 0 Å². The number of hydrogen-bond acceptors (Lipinski definition) is 3. The molecule has 0 unspecified atom stereocenters. The van der Waals surface area contributed by atoms with Crippen molar-refractivity contribution in [3.63, 3.8) is 0 Å². The minimum absolute atomic E-state index is 0.168. The highest BCUT2D eigenvalue weighted by atomic mass is 32.1. The van der Waals surface area contributed by atoms with Gasteiger partial charge in [-0.15, -0.1) is 11.3 Å².